The molecular weight excluding hydrogens is 254 g/mol. The summed E-state index contributed by atoms with van der Waals surface area (Å²) < 4.78 is 0. The molecule has 0 bridgehead atoms. The summed E-state index contributed by atoms with van der Waals surface area (Å²) >= 11 is 1.77. The van der Waals surface area contributed by atoms with Gasteiger partial charge in [-0.05, 0) is 48.1 Å². The van der Waals surface area contributed by atoms with Crippen LogP contribution in [0.4, 0.5) is 0 Å². The predicted octanol–water partition coefficient (Wildman–Crippen LogP) is 2.16. The summed E-state index contributed by atoms with van der Waals surface area (Å²) in [6.45, 7) is 8.21. The van der Waals surface area contributed by atoms with Crippen molar-refractivity contribution in [1.29, 1.82) is 0 Å². The number of hydrogen-bond acceptors (Lipinski definition) is 4. The number of piperazine rings is 1. The second-order valence-corrected chi connectivity index (χ2v) is 6.92. The highest BCUT2D eigenvalue weighted by atomic mass is 32.1. The lowest BCUT2D eigenvalue weighted by atomic mass is 10.0. The van der Waals surface area contributed by atoms with Crippen LogP contribution in [0.1, 0.15) is 31.4 Å². The maximum absolute atomic E-state index is 6.23. The Bertz CT molecular complexity index is 378. The molecule has 2 N–H and O–H groups in total. The number of nitrogens with zero attached hydrogens (tertiary/aromatic N) is 2. The van der Waals surface area contributed by atoms with E-state index in [0.717, 1.165) is 19.0 Å². The monoisotopic (exact) mass is 279 g/mol. The smallest absolute Gasteiger partial charge is 0.0505 e. The molecule has 1 aliphatic carbocycles. The molecule has 3 nitrogen and oxygen atoms in total. The molecule has 0 aromatic carbocycles. The molecule has 1 aromatic rings. The first-order valence-electron chi connectivity index (χ1n) is 7.48. The fourth-order valence-corrected chi connectivity index (χ4v) is 3.87. The van der Waals surface area contributed by atoms with Crippen LogP contribution in [0.3, 0.4) is 0 Å². The van der Waals surface area contributed by atoms with Crippen LogP contribution in [0, 0.1) is 5.92 Å². The molecule has 106 valence electrons. The minimum atomic E-state index is 0.199. The van der Waals surface area contributed by atoms with Crippen LogP contribution in [0.15, 0.2) is 16.8 Å². The zero-order valence-corrected chi connectivity index (χ0v) is 12.6. The van der Waals surface area contributed by atoms with Crippen LogP contribution < -0.4 is 5.73 Å². The summed E-state index contributed by atoms with van der Waals surface area (Å²) in [7, 11) is 0. The first-order chi connectivity index (χ1) is 9.24. The van der Waals surface area contributed by atoms with Crippen LogP contribution >= 0.6 is 11.3 Å². The highest BCUT2D eigenvalue weighted by Gasteiger charge is 2.30. The molecule has 2 unspecified atom stereocenters. The molecule has 4 heteroatoms. The van der Waals surface area contributed by atoms with Crippen molar-refractivity contribution in [2.24, 2.45) is 11.7 Å². The third kappa shape index (κ3) is 3.37. The van der Waals surface area contributed by atoms with Gasteiger partial charge in [-0.15, -0.1) is 0 Å². The second-order valence-electron chi connectivity index (χ2n) is 6.14. The molecule has 1 saturated heterocycles. The minimum Gasteiger partial charge on any atom is -0.326 e. The van der Waals surface area contributed by atoms with Crippen molar-refractivity contribution in [2.45, 2.75) is 31.8 Å². The summed E-state index contributed by atoms with van der Waals surface area (Å²) in [6, 6.07) is 2.83. The summed E-state index contributed by atoms with van der Waals surface area (Å²) in [5, 5.41) is 4.42. The van der Waals surface area contributed by atoms with Crippen molar-refractivity contribution in [3.8, 4) is 0 Å². The van der Waals surface area contributed by atoms with E-state index in [1.165, 1.54) is 38.0 Å². The summed E-state index contributed by atoms with van der Waals surface area (Å²) in [4.78, 5) is 5.22. The SMILES string of the molecule is CC(N)C(c1ccsc1)N1CCN(CC2CC2)CC1. The number of hydrogen-bond donors (Lipinski definition) is 1. The van der Waals surface area contributed by atoms with E-state index < -0.39 is 0 Å². The van der Waals surface area contributed by atoms with Gasteiger partial charge in [0, 0.05) is 38.8 Å². The molecule has 3 rings (SSSR count). The molecule has 2 atom stereocenters. The number of thiophene rings is 1. The summed E-state index contributed by atoms with van der Waals surface area (Å²) in [5.41, 5.74) is 7.63. The normalized spacial score (nSPS) is 25.4. The van der Waals surface area contributed by atoms with Crippen molar-refractivity contribution >= 4 is 11.3 Å². The Morgan fingerprint density at radius 1 is 1.32 bits per heavy atom. The first kappa shape index (κ1) is 13.6. The lowest BCUT2D eigenvalue weighted by Gasteiger charge is -2.40. The van der Waals surface area contributed by atoms with Crippen molar-refractivity contribution in [3.63, 3.8) is 0 Å². The quantitative estimate of drug-likeness (QED) is 0.896. The molecule has 0 radical (unpaired) electrons. The average Bonchev–Trinajstić information content (AvgIpc) is 3.04. The van der Waals surface area contributed by atoms with Crippen LogP contribution in [0.25, 0.3) is 0 Å². The minimum absolute atomic E-state index is 0.199. The van der Waals surface area contributed by atoms with E-state index in [-0.39, 0.29) is 6.04 Å². The largest absolute Gasteiger partial charge is 0.326 e. The standard InChI is InChI=1S/C15H25N3S/c1-12(16)15(14-4-9-19-11-14)18-7-5-17(6-8-18)10-13-2-3-13/h4,9,11-13,15H,2-3,5-8,10,16H2,1H3. The summed E-state index contributed by atoms with van der Waals surface area (Å²) in [6.07, 6.45) is 2.91. The Morgan fingerprint density at radius 3 is 2.58 bits per heavy atom. The van der Waals surface area contributed by atoms with Crippen molar-refractivity contribution in [3.05, 3.63) is 22.4 Å². The van der Waals surface area contributed by atoms with Gasteiger partial charge in [-0.1, -0.05) is 0 Å². The Hall–Kier alpha value is -0.420. The van der Waals surface area contributed by atoms with Gasteiger partial charge in [-0.3, -0.25) is 4.90 Å². The third-order valence-electron chi connectivity index (χ3n) is 4.40. The average molecular weight is 279 g/mol. The molecule has 2 fully saturated rings. The van der Waals surface area contributed by atoms with Gasteiger partial charge in [-0.2, -0.15) is 11.3 Å². The molecule has 0 amide bonds. The van der Waals surface area contributed by atoms with Gasteiger partial charge < -0.3 is 10.6 Å². The highest BCUT2D eigenvalue weighted by molar-refractivity contribution is 7.07. The van der Waals surface area contributed by atoms with E-state index in [0.29, 0.717) is 6.04 Å². The molecule has 1 aliphatic heterocycles. The molecule has 0 spiro atoms. The highest BCUT2D eigenvalue weighted by Crippen LogP contribution is 2.31. The van der Waals surface area contributed by atoms with Crippen molar-refractivity contribution < 1.29 is 0 Å². The van der Waals surface area contributed by atoms with E-state index in [1.54, 1.807) is 11.3 Å². The van der Waals surface area contributed by atoms with Crippen LogP contribution in [-0.2, 0) is 0 Å². The zero-order valence-electron chi connectivity index (χ0n) is 11.8. The van der Waals surface area contributed by atoms with Crippen molar-refractivity contribution in [2.75, 3.05) is 32.7 Å². The van der Waals surface area contributed by atoms with Gasteiger partial charge in [-0.25, -0.2) is 0 Å². The zero-order chi connectivity index (χ0) is 13.2. The molecule has 2 heterocycles. The first-order valence-corrected chi connectivity index (χ1v) is 8.42. The predicted molar refractivity (Wildman–Crippen MR) is 81.4 cm³/mol. The van der Waals surface area contributed by atoms with E-state index in [4.69, 9.17) is 5.73 Å². The Kier molecular flexibility index (Phi) is 4.22. The fourth-order valence-electron chi connectivity index (χ4n) is 3.18. The van der Waals surface area contributed by atoms with E-state index >= 15 is 0 Å². The molecule has 19 heavy (non-hydrogen) atoms. The Labute approximate surface area is 120 Å². The maximum atomic E-state index is 6.23. The van der Waals surface area contributed by atoms with Gasteiger partial charge in [0.15, 0.2) is 0 Å². The maximum Gasteiger partial charge on any atom is 0.0505 e. The lowest BCUT2D eigenvalue weighted by Crippen LogP contribution is -2.51. The molecule has 1 saturated carbocycles. The van der Waals surface area contributed by atoms with Gasteiger partial charge in [0.1, 0.15) is 0 Å². The van der Waals surface area contributed by atoms with Crippen LogP contribution in [0.5, 0.6) is 0 Å². The third-order valence-corrected chi connectivity index (χ3v) is 5.10. The van der Waals surface area contributed by atoms with Crippen LogP contribution in [0.2, 0.25) is 0 Å². The van der Waals surface area contributed by atoms with Crippen molar-refractivity contribution in [1.82, 2.24) is 9.80 Å². The van der Waals surface area contributed by atoms with Crippen LogP contribution in [-0.4, -0.2) is 48.6 Å². The Balaban J connectivity index is 1.58. The van der Waals surface area contributed by atoms with Gasteiger partial charge in [0.2, 0.25) is 0 Å². The van der Waals surface area contributed by atoms with Gasteiger partial charge >= 0.3 is 0 Å². The fraction of sp³-hybridized carbons (Fsp3) is 0.733. The molecule has 1 aromatic heterocycles. The van der Waals surface area contributed by atoms with E-state index in [1.807, 2.05) is 0 Å². The lowest BCUT2D eigenvalue weighted by molar-refractivity contribution is 0.0844. The molecule has 2 aliphatic rings. The topological polar surface area (TPSA) is 32.5 Å². The number of rotatable bonds is 5. The van der Waals surface area contributed by atoms with E-state index in [2.05, 4.69) is 33.6 Å². The van der Waals surface area contributed by atoms with Gasteiger partial charge in [0.25, 0.3) is 0 Å². The molecular formula is C15H25N3S. The number of nitrogens with two attached hydrogens (primary N) is 1. The van der Waals surface area contributed by atoms with E-state index in [9.17, 15) is 0 Å². The summed E-state index contributed by atoms with van der Waals surface area (Å²) in [5.74, 6) is 1.01. The second kappa shape index (κ2) is 5.92. The van der Waals surface area contributed by atoms with Gasteiger partial charge in [0.05, 0.1) is 6.04 Å². The Morgan fingerprint density at radius 2 is 2.05 bits per heavy atom.